The van der Waals surface area contributed by atoms with Crippen LogP contribution in [-0.4, -0.2) is 18.8 Å². The maximum Gasteiger partial charge on any atom is 0.248 e. The van der Waals surface area contributed by atoms with Crippen LogP contribution in [-0.2, 0) is 4.79 Å². The molecule has 0 atom stereocenters. The van der Waals surface area contributed by atoms with Gasteiger partial charge in [-0.05, 0) is 57.0 Å². The minimum absolute atomic E-state index is 0.0494. The lowest BCUT2D eigenvalue weighted by atomic mass is 10.0. The number of hydrogen-bond donors (Lipinski definition) is 1. The first-order chi connectivity index (χ1) is 13.3. The molecule has 0 aliphatic rings. The quantitative estimate of drug-likeness (QED) is 0.484. The van der Waals surface area contributed by atoms with Crippen molar-refractivity contribution in [2.75, 3.05) is 12.4 Å². The normalized spacial score (nSPS) is 11.5. The maximum absolute atomic E-state index is 12.5. The molecule has 2 aromatic carbocycles. The van der Waals surface area contributed by atoms with Crippen LogP contribution in [0.2, 0.25) is 0 Å². The van der Waals surface area contributed by atoms with Gasteiger partial charge in [0.15, 0.2) is 5.78 Å². The van der Waals surface area contributed by atoms with Crippen molar-refractivity contribution >= 4 is 33.9 Å². The molecule has 1 heterocycles. The molecular weight excluding hydrogens is 354 g/mol. The topological polar surface area (TPSA) is 68.5 Å². The van der Waals surface area contributed by atoms with E-state index in [0.717, 1.165) is 33.4 Å². The molecule has 3 aromatic rings. The summed E-state index contributed by atoms with van der Waals surface area (Å²) in [5, 5.41) is 3.80. The summed E-state index contributed by atoms with van der Waals surface area (Å²) in [5.74, 6) is 1.17. The van der Waals surface area contributed by atoms with E-state index in [1.165, 1.54) is 13.0 Å². The SMILES string of the molecule is COc1cc2oc(C)c(C)c2cc1/C(C)=C/C(=O)Nc1cccc(C(C)=O)c1. The summed E-state index contributed by atoms with van der Waals surface area (Å²) in [4.78, 5) is 24.0. The number of nitrogens with one attached hydrogen (secondary N) is 1. The molecule has 0 unspecified atom stereocenters. The molecule has 0 aliphatic carbocycles. The summed E-state index contributed by atoms with van der Waals surface area (Å²) >= 11 is 0. The number of amides is 1. The molecule has 5 nitrogen and oxygen atoms in total. The van der Waals surface area contributed by atoms with Crippen LogP contribution < -0.4 is 10.1 Å². The molecule has 5 heteroatoms. The van der Waals surface area contributed by atoms with Gasteiger partial charge in [0.05, 0.1) is 7.11 Å². The van der Waals surface area contributed by atoms with Crippen LogP contribution >= 0.6 is 0 Å². The Kier molecular flexibility index (Phi) is 5.36. The number of Topliss-reactive ketones (excluding diaryl/α,β-unsaturated/α-hetero) is 1. The number of hydrogen-bond acceptors (Lipinski definition) is 4. The van der Waals surface area contributed by atoms with Crippen molar-refractivity contribution in [1.82, 2.24) is 0 Å². The molecule has 3 rings (SSSR count). The van der Waals surface area contributed by atoms with Crippen molar-refractivity contribution in [3.8, 4) is 5.75 Å². The van der Waals surface area contributed by atoms with Crippen LogP contribution in [0, 0.1) is 13.8 Å². The van der Waals surface area contributed by atoms with Gasteiger partial charge in [-0.25, -0.2) is 0 Å². The third kappa shape index (κ3) is 3.83. The highest BCUT2D eigenvalue weighted by Crippen LogP contribution is 2.34. The maximum atomic E-state index is 12.5. The molecule has 0 bridgehead atoms. The van der Waals surface area contributed by atoms with E-state index < -0.39 is 0 Å². The predicted molar refractivity (Wildman–Crippen MR) is 111 cm³/mol. The van der Waals surface area contributed by atoms with Crippen LogP contribution in [0.4, 0.5) is 5.69 Å². The van der Waals surface area contributed by atoms with Gasteiger partial charge >= 0.3 is 0 Å². The largest absolute Gasteiger partial charge is 0.496 e. The van der Waals surface area contributed by atoms with Crippen molar-refractivity contribution in [2.45, 2.75) is 27.7 Å². The zero-order valence-corrected chi connectivity index (χ0v) is 16.7. The number of ether oxygens (including phenoxy) is 1. The lowest BCUT2D eigenvalue weighted by Crippen LogP contribution is -2.09. The minimum atomic E-state index is -0.277. The molecular formula is C23H23NO4. The van der Waals surface area contributed by atoms with Crippen LogP contribution in [0.5, 0.6) is 5.75 Å². The fourth-order valence-corrected chi connectivity index (χ4v) is 3.12. The third-order valence-electron chi connectivity index (χ3n) is 4.81. The van der Waals surface area contributed by atoms with Gasteiger partial charge in [-0.3, -0.25) is 9.59 Å². The molecule has 0 spiro atoms. The Bertz CT molecular complexity index is 1110. The van der Waals surface area contributed by atoms with Crippen molar-refractivity contribution in [3.63, 3.8) is 0 Å². The van der Waals surface area contributed by atoms with Gasteiger partial charge in [0.1, 0.15) is 17.1 Å². The van der Waals surface area contributed by atoms with Gasteiger partial charge in [-0.2, -0.15) is 0 Å². The molecule has 1 N–H and O–H groups in total. The van der Waals surface area contributed by atoms with E-state index in [-0.39, 0.29) is 11.7 Å². The fraction of sp³-hybridized carbons (Fsp3) is 0.217. The van der Waals surface area contributed by atoms with Gasteiger partial charge in [0, 0.05) is 34.3 Å². The Hall–Kier alpha value is -3.34. The lowest BCUT2D eigenvalue weighted by molar-refractivity contribution is -0.111. The Morgan fingerprint density at radius 2 is 1.86 bits per heavy atom. The highest BCUT2D eigenvalue weighted by molar-refractivity contribution is 6.05. The van der Waals surface area contributed by atoms with Gasteiger partial charge < -0.3 is 14.5 Å². The fourth-order valence-electron chi connectivity index (χ4n) is 3.12. The molecule has 0 radical (unpaired) electrons. The summed E-state index contributed by atoms with van der Waals surface area (Å²) in [6, 6.07) is 10.7. The number of benzene rings is 2. The predicted octanol–water partition coefficient (Wildman–Crippen LogP) is 5.30. The van der Waals surface area contributed by atoms with Crippen molar-refractivity contribution in [1.29, 1.82) is 0 Å². The zero-order valence-electron chi connectivity index (χ0n) is 16.7. The summed E-state index contributed by atoms with van der Waals surface area (Å²) in [6.45, 7) is 7.28. The van der Waals surface area contributed by atoms with Crippen molar-refractivity contribution in [3.05, 3.63) is 64.9 Å². The average Bonchev–Trinajstić information content (AvgIpc) is 2.94. The van der Waals surface area contributed by atoms with Gasteiger partial charge in [0.25, 0.3) is 0 Å². The van der Waals surface area contributed by atoms with E-state index >= 15 is 0 Å². The standard InChI is InChI=1S/C23H23NO4/c1-13(9-23(26)24-18-8-6-7-17(10-18)15(3)25)19-11-20-14(2)16(4)28-22(20)12-21(19)27-5/h6-12H,1-5H3,(H,24,26)/b13-9+. The molecule has 0 saturated carbocycles. The number of aryl methyl sites for hydroxylation is 2. The van der Waals surface area contributed by atoms with E-state index in [1.54, 1.807) is 31.4 Å². The molecule has 144 valence electrons. The van der Waals surface area contributed by atoms with Crippen LogP contribution in [0.3, 0.4) is 0 Å². The molecule has 0 saturated heterocycles. The number of ketones is 1. The summed E-state index contributed by atoms with van der Waals surface area (Å²) in [6.07, 6.45) is 1.52. The van der Waals surface area contributed by atoms with Crippen molar-refractivity contribution in [2.24, 2.45) is 0 Å². The van der Waals surface area contributed by atoms with E-state index in [4.69, 9.17) is 9.15 Å². The smallest absolute Gasteiger partial charge is 0.248 e. The average molecular weight is 377 g/mol. The number of anilines is 1. The Labute approximate surface area is 164 Å². The van der Waals surface area contributed by atoms with E-state index in [9.17, 15) is 9.59 Å². The zero-order chi connectivity index (χ0) is 20.4. The summed E-state index contributed by atoms with van der Waals surface area (Å²) < 4.78 is 11.3. The van der Waals surface area contributed by atoms with Crippen LogP contribution in [0.15, 0.2) is 46.9 Å². The minimum Gasteiger partial charge on any atom is -0.496 e. The number of rotatable bonds is 5. The highest BCUT2D eigenvalue weighted by Gasteiger charge is 2.14. The number of methoxy groups -OCH3 is 1. The van der Waals surface area contributed by atoms with Gasteiger partial charge in [0.2, 0.25) is 5.91 Å². The molecule has 0 aliphatic heterocycles. The van der Waals surface area contributed by atoms with Crippen LogP contribution in [0.25, 0.3) is 16.5 Å². The third-order valence-corrected chi connectivity index (χ3v) is 4.81. The molecule has 28 heavy (non-hydrogen) atoms. The molecule has 1 amide bonds. The molecule has 0 fully saturated rings. The van der Waals surface area contributed by atoms with E-state index in [0.29, 0.717) is 17.0 Å². The van der Waals surface area contributed by atoms with Gasteiger partial charge in [-0.1, -0.05) is 12.1 Å². The second-order valence-electron chi connectivity index (χ2n) is 6.79. The number of fused-ring (bicyclic) bond motifs is 1. The first-order valence-electron chi connectivity index (χ1n) is 8.98. The number of carbonyl (C=O) groups excluding carboxylic acids is 2. The first kappa shape index (κ1) is 19.4. The van der Waals surface area contributed by atoms with E-state index in [2.05, 4.69) is 5.32 Å². The van der Waals surface area contributed by atoms with Crippen LogP contribution in [0.1, 0.15) is 41.1 Å². The van der Waals surface area contributed by atoms with Crippen molar-refractivity contribution < 1.29 is 18.7 Å². The first-order valence-corrected chi connectivity index (χ1v) is 8.98. The van der Waals surface area contributed by atoms with Gasteiger partial charge in [-0.15, -0.1) is 0 Å². The Balaban J connectivity index is 1.92. The number of furan rings is 1. The lowest BCUT2D eigenvalue weighted by Gasteiger charge is -2.10. The van der Waals surface area contributed by atoms with E-state index in [1.807, 2.05) is 32.9 Å². The number of allylic oxidation sites excluding steroid dienone is 1. The second-order valence-corrected chi connectivity index (χ2v) is 6.79. The summed E-state index contributed by atoms with van der Waals surface area (Å²) in [5.41, 5.74) is 4.54. The highest BCUT2D eigenvalue weighted by atomic mass is 16.5. The monoisotopic (exact) mass is 377 g/mol. The summed E-state index contributed by atoms with van der Waals surface area (Å²) in [7, 11) is 1.59. The second kappa shape index (κ2) is 7.72. The number of carbonyl (C=O) groups is 2. The Morgan fingerprint density at radius 3 is 2.54 bits per heavy atom. The molecule has 1 aromatic heterocycles. The Morgan fingerprint density at radius 1 is 1.11 bits per heavy atom.